The van der Waals surface area contributed by atoms with Crippen LogP contribution in [0.25, 0.3) is 0 Å². The van der Waals surface area contributed by atoms with Gasteiger partial charge < -0.3 is 86.0 Å². The molecule has 2 N–H and O–H groups in total. The summed E-state index contributed by atoms with van der Waals surface area (Å²) in [5.74, 6) is 0.343. The first-order valence-corrected chi connectivity index (χ1v) is 18.4. The van der Waals surface area contributed by atoms with Gasteiger partial charge in [-0.2, -0.15) is 0 Å². The predicted molar refractivity (Wildman–Crippen MR) is 174 cm³/mol. The molecule has 18 heteroatoms. The number of rotatable bonds is 21. The summed E-state index contributed by atoms with van der Waals surface area (Å²) in [5, 5.41) is 19.5. The molecule has 8 aliphatic heterocycles. The fourth-order valence-corrected chi connectivity index (χ4v) is 5.44. The van der Waals surface area contributed by atoms with Crippen LogP contribution in [0.1, 0.15) is 0 Å². The molecule has 8 fully saturated rings. The Kier molecular flexibility index (Phi) is 17.0. The molecular weight excluding hydrogens is 696 g/mol. The maximum atomic E-state index is 9.87. The van der Waals surface area contributed by atoms with E-state index >= 15 is 0 Å². The van der Waals surface area contributed by atoms with E-state index in [0.717, 1.165) is 33.0 Å². The van der Waals surface area contributed by atoms with Gasteiger partial charge in [0, 0.05) is 11.8 Å². The molecule has 0 aliphatic carbocycles. The molecule has 18 nitrogen and oxygen atoms in total. The van der Waals surface area contributed by atoms with E-state index in [0.29, 0.717) is 125 Å². The highest BCUT2D eigenvalue weighted by Crippen LogP contribution is 2.37. The van der Waals surface area contributed by atoms with Crippen LogP contribution in [0.4, 0.5) is 0 Å². The topological polar surface area (TPSA) is 205 Å². The zero-order chi connectivity index (χ0) is 35.9. The molecule has 0 radical (unpaired) electrons. The van der Waals surface area contributed by atoms with Gasteiger partial charge in [0.25, 0.3) is 0 Å². The zero-order valence-electron chi connectivity index (χ0n) is 30.0. The van der Waals surface area contributed by atoms with Crippen LogP contribution in [0, 0.1) is 11.8 Å². The molecule has 0 aromatic rings. The third-order valence-corrected chi connectivity index (χ3v) is 9.26. The maximum Gasteiger partial charge on any atom is 0.146 e. The van der Waals surface area contributed by atoms with Crippen LogP contribution in [-0.4, -0.2) is 217 Å². The number of hydrogen-bond donors (Lipinski definition) is 2. The molecule has 0 saturated carbocycles. The fourth-order valence-electron chi connectivity index (χ4n) is 5.44. The van der Waals surface area contributed by atoms with E-state index in [-0.39, 0.29) is 43.0 Å². The second-order valence-electron chi connectivity index (χ2n) is 14.3. The monoisotopic (exact) mass is 754 g/mol. The molecular formula is C34H58O18. The Morgan fingerprint density at radius 3 is 1.60 bits per heavy atom. The van der Waals surface area contributed by atoms with Crippen LogP contribution in [0.5, 0.6) is 0 Å². The molecule has 52 heavy (non-hydrogen) atoms. The van der Waals surface area contributed by atoms with Crippen molar-refractivity contribution in [3.05, 3.63) is 0 Å². The molecule has 8 rings (SSSR count). The first-order chi connectivity index (χ1) is 25.5. The minimum atomic E-state index is -0.676. The highest BCUT2D eigenvalue weighted by atomic mass is 16.7. The minimum Gasteiger partial charge on any atom is -0.390 e. The van der Waals surface area contributed by atoms with Gasteiger partial charge in [0.05, 0.1) is 151 Å². The first kappa shape index (κ1) is 40.9. The second-order valence-corrected chi connectivity index (χ2v) is 14.3. The van der Waals surface area contributed by atoms with Crippen LogP contribution in [0.3, 0.4) is 0 Å². The third kappa shape index (κ3) is 15.8. The quantitative estimate of drug-likeness (QED) is 0.124. The normalized spacial score (nSPS) is 33.3. The third-order valence-electron chi connectivity index (χ3n) is 9.26. The summed E-state index contributed by atoms with van der Waals surface area (Å²) < 4.78 is 85.3. The summed E-state index contributed by atoms with van der Waals surface area (Å²) in [6, 6.07) is 0. The number of epoxide rings is 5. The highest BCUT2D eigenvalue weighted by Gasteiger charge is 2.53. The van der Waals surface area contributed by atoms with E-state index in [1.807, 2.05) is 0 Å². The Balaban J connectivity index is 0.000000140. The summed E-state index contributed by atoms with van der Waals surface area (Å²) in [7, 11) is 0. The van der Waals surface area contributed by atoms with Crippen molar-refractivity contribution in [3.8, 4) is 0 Å². The van der Waals surface area contributed by atoms with Crippen molar-refractivity contribution < 1.29 is 86.0 Å². The first-order valence-electron chi connectivity index (χ1n) is 18.4. The van der Waals surface area contributed by atoms with E-state index in [9.17, 15) is 10.2 Å². The molecule has 8 saturated heterocycles. The lowest BCUT2D eigenvalue weighted by atomic mass is 9.95. The van der Waals surface area contributed by atoms with Crippen LogP contribution in [0.15, 0.2) is 0 Å². The minimum absolute atomic E-state index is 0.0314. The fraction of sp³-hybridized carbons (Fsp3) is 1.00. The number of ether oxygens (including phenoxy) is 16. The van der Waals surface area contributed by atoms with Gasteiger partial charge in [-0.3, -0.25) is 0 Å². The zero-order valence-corrected chi connectivity index (χ0v) is 30.0. The molecule has 0 aromatic carbocycles. The van der Waals surface area contributed by atoms with E-state index < -0.39 is 17.8 Å². The second kappa shape index (κ2) is 21.5. The molecule has 8 heterocycles. The number of aliphatic hydroxyl groups is 2. The number of aliphatic hydroxyl groups excluding tert-OH is 2. The predicted octanol–water partition coefficient (Wildman–Crippen LogP) is -1.85. The van der Waals surface area contributed by atoms with Gasteiger partial charge in [-0.15, -0.1) is 0 Å². The van der Waals surface area contributed by atoms with Crippen molar-refractivity contribution in [2.75, 3.05) is 159 Å². The molecule has 302 valence electrons. The van der Waals surface area contributed by atoms with Gasteiger partial charge in [0.1, 0.15) is 55.3 Å². The Bertz CT molecular complexity index is 954. The van der Waals surface area contributed by atoms with Crippen molar-refractivity contribution in [3.63, 3.8) is 0 Å². The highest BCUT2D eigenvalue weighted by molar-refractivity contribution is 4.99. The summed E-state index contributed by atoms with van der Waals surface area (Å²) in [6.07, 6.45) is -0.247. The van der Waals surface area contributed by atoms with Crippen molar-refractivity contribution in [1.82, 2.24) is 0 Å². The van der Waals surface area contributed by atoms with Gasteiger partial charge in [-0.1, -0.05) is 0 Å². The largest absolute Gasteiger partial charge is 0.390 e. The average Bonchev–Trinajstić information content (AvgIpc) is 3.96. The van der Waals surface area contributed by atoms with Crippen LogP contribution >= 0.6 is 0 Å². The Labute approximate surface area is 304 Å². The van der Waals surface area contributed by atoms with Crippen molar-refractivity contribution in [2.45, 2.75) is 47.8 Å². The van der Waals surface area contributed by atoms with E-state index in [4.69, 9.17) is 75.8 Å². The molecule has 7 atom stereocenters. The van der Waals surface area contributed by atoms with E-state index in [1.165, 1.54) is 0 Å². The van der Waals surface area contributed by atoms with Crippen molar-refractivity contribution >= 4 is 0 Å². The summed E-state index contributed by atoms with van der Waals surface area (Å²) >= 11 is 0. The van der Waals surface area contributed by atoms with Crippen molar-refractivity contribution in [2.24, 2.45) is 11.8 Å². The van der Waals surface area contributed by atoms with Crippen LogP contribution < -0.4 is 0 Å². The molecule has 0 aromatic heterocycles. The SMILES string of the molecule is C1OCC(C2(COCC3CO3)CO2)CO1.OC(COCC1CO1)C1COCOC1.OC(COCC1CO1)COCC1(OCC2CO2)COCCOC1. The van der Waals surface area contributed by atoms with Gasteiger partial charge in [-0.05, 0) is 0 Å². The van der Waals surface area contributed by atoms with Crippen LogP contribution in [0.2, 0.25) is 0 Å². The number of hydrogen-bond acceptors (Lipinski definition) is 18. The summed E-state index contributed by atoms with van der Waals surface area (Å²) in [4.78, 5) is 0. The molecule has 0 spiro atoms. The maximum absolute atomic E-state index is 9.87. The average molecular weight is 755 g/mol. The lowest BCUT2D eigenvalue weighted by molar-refractivity contribution is -0.156. The molecule has 0 amide bonds. The lowest BCUT2D eigenvalue weighted by Gasteiger charge is -2.31. The van der Waals surface area contributed by atoms with Gasteiger partial charge >= 0.3 is 0 Å². The van der Waals surface area contributed by atoms with E-state index in [2.05, 4.69) is 0 Å². The Hall–Kier alpha value is -0.720. The molecule has 8 aliphatic rings. The molecule has 0 bridgehead atoms. The van der Waals surface area contributed by atoms with Crippen LogP contribution in [-0.2, 0) is 75.8 Å². The van der Waals surface area contributed by atoms with Gasteiger partial charge in [-0.25, -0.2) is 0 Å². The van der Waals surface area contributed by atoms with Gasteiger partial charge in [0.2, 0.25) is 0 Å². The Morgan fingerprint density at radius 1 is 0.538 bits per heavy atom. The standard InChI is InChI=1S/C15H26O8.C10H16O5.C9H16O5/c16-12(3-19-5-13-6-21-13)4-20-11-15(23-8-14-7-22-14)9-17-1-2-18-10-15;1-8(2-13-7-12-1)10(6-15-10)5-11-3-9-4-14-9;10-9(5-11-3-8-4-14-8)7-1-12-6-13-2-7/h12-14,16H,1-11H2;8-9H,1-7H2;7-10H,1-6H2. The van der Waals surface area contributed by atoms with Crippen molar-refractivity contribution in [1.29, 1.82) is 0 Å². The molecule has 7 unspecified atom stereocenters. The smallest absolute Gasteiger partial charge is 0.146 e. The Morgan fingerprint density at radius 2 is 1.04 bits per heavy atom. The summed E-state index contributed by atoms with van der Waals surface area (Å²) in [5.41, 5.74) is -0.791. The summed E-state index contributed by atoms with van der Waals surface area (Å²) in [6.45, 7) is 13.0. The lowest BCUT2D eigenvalue weighted by Crippen LogP contribution is -2.47. The van der Waals surface area contributed by atoms with E-state index in [1.54, 1.807) is 0 Å². The van der Waals surface area contributed by atoms with Gasteiger partial charge in [0.15, 0.2) is 0 Å².